The quantitative estimate of drug-likeness (QED) is 0.699. The van der Waals surface area contributed by atoms with E-state index in [1.54, 1.807) is 12.3 Å². The van der Waals surface area contributed by atoms with Crippen LogP contribution in [0.25, 0.3) is 0 Å². The lowest BCUT2D eigenvalue weighted by atomic mass is 10.3. The van der Waals surface area contributed by atoms with Crippen LogP contribution in [0.2, 0.25) is 0 Å². The monoisotopic (exact) mass is 211 g/mol. The summed E-state index contributed by atoms with van der Waals surface area (Å²) in [4.78, 5) is 14.7. The fraction of sp³-hybridized carbons (Fsp3) is 0.400. The highest BCUT2D eigenvalue weighted by Gasteiger charge is 2.11. The maximum Gasteiger partial charge on any atom is 0.303 e. The Hall–Kier alpha value is -1.78. The number of carbonyl (C=O) groups excluding carboxylic acids is 1. The van der Waals surface area contributed by atoms with Gasteiger partial charge in [-0.1, -0.05) is 0 Å². The zero-order chi connectivity index (χ0) is 11.3. The molecule has 1 heterocycles. The second kappa shape index (κ2) is 5.19. The van der Waals surface area contributed by atoms with Crippen molar-refractivity contribution in [3.05, 3.63) is 18.0 Å². The minimum absolute atomic E-state index is 0.0791. The molecule has 5 nitrogen and oxygen atoms in total. The molecule has 15 heavy (non-hydrogen) atoms. The van der Waals surface area contributed by atoms with Gasteiger partial charge in [0.05, 0.1) is 14.2 Å². The fourth-order valence-electron chi connectivity index (χ4n) is 1.12. The third-order valence-electron chi connectivity index (χ3n) is 1.78. The molecule has 1 rings (SSSR count). The predicted octanol–water partition coefficient (Wildman–Crippen LogP) is 1.16. The molecule has 0 spiro atoms. The van der Waals surface area contributed by atoms with E-state index in [-0.39, 0.29) is 12.6 Å². The fourth-order valence-corrected chi connectivity index (χ4v) is 1.12. The lowest BCUT2D eigenvalue weighted by Gasteiger charge is -2.10. The Morgan fingerprint density at radius 1 is 1.40 bits per heavy atom. The zero-order valence-electron chi connectivity index (χ0n) is 8.94. The summed E-state index contributed by atoms with van der Waals surface area (Å²) in [7, 11) is 3.05. The number of aromatic nitrogens is 1. The number of ether oxygens (including phenoxy) is 3. The van der Waals surface area contributed by atoms with Gasteiger partial charge in [-0.25, -0.2) is 0 Å². The molecular formula is C10H13NO4. The van der Waals surface area contributed by atoms with E-state index in [4.69, 9.17) is 14.2 Å². The van der Waals surface area contributed by atoms with Crippen LogP contribution in [0.3, 0.4) is 0 Å². The molecule has 1 aromatic heterocycles. The van der Waals surface area contributed by atoms with E-state index in [2.05, 4.69) is 4.98 Å². The first kappa shape index (κ1) is 11.3. The van der Waals surface area contributed by atoms with E-state index < -0.39 is 0 Å². The van der Waals surface area contributed by atoms with Crippen molar-refractivity contribution in [2.45, 2.75) is 13.5 Å². The Balaban J connectivity index is 2.90. The molecule has 0 radical (unpaired) electrons. The van der Waals surface area contributed by atoms with Crippen molar-refractivity contribution in [3.8, 4) is 11.5 Å². The minimum atomic E-state index is -0.360. The highest BCUT2D eigenvalue weighted by Crippen LogP contribution is 2.29. The van der Waals surface area contributed by atoms with Crippen LogP contribution in [0.1, 0.15) is 12.6 Å². The molecule has 0 saturated carbocycles. The van der Waals surface area contributed by atoms with Gasteiger partial charge in [-0.05, 0) is 0 Å². The molecule has 0 unspecified atom stereocenters. The SMILES string of the molecule is COc1ccnc(COC(C)=O)c1OC. The zero-order valence-corrected chi connectivity index (χ0v) is 8.94. The van der Waals surface area contributed by atoms with Crippen molar-refractivity contribution < 1.29 is 19.0 Å². The number of methoxy groups -OCH3 is 2. The first-order chi connectivity index (χ1) is 7.19. The van der Waals surface area contributed by atoms with Crippen LogP contribution in [0, 0.1) is 0 Å². The van der Waals surface area contributed by atoms with Crippen LogP contribution in [0.15, 0.2) is 12.3 Å². The van der Waals surface area contributed by atoms with E-state index in [0.717, 1.165) is 0 Å². The summed E-state index contributed by atoms with van der Waals surface area (Å²) in [5.74, 6) is 0.692. The third-order valence-corrected chi connectivity index (χ3v) is 1.78. The molecule has 0 fully saturated rings. The number of hydrogen-bond acceptors (Lipinski definition) is 5. The average Bonchev–Trinajstić information content (AvgIpc) is 2.25. The lowest BCUT2D eigenvalue weighted by molar-refractivity contribution is -0.142. The summed E-state index contributed by atoms with van der Waals surface area (Å²) in [6.07, 6.45) is 1.57. The maximum absolute atomic E-state index is 10.6. The van der Waals surface area contributed by atoms with Crippen molar-refractivity contribution >= 4 is 5.97 Å². The molecule has 0 aliphatic carbocycles. The lowest BCUT2D eigenvalue weighted by Crippen LogP contribution is -2.04. The summed E-state index contributed by atoms with van der Waals surface area (Å²) in [6.45, 7) is 1.42. The van der Waals surface area contributed by atoms with E-state index in [1.165, 1.54) is 21.1 Å². The third kappa shape index (κ3) is 2.83. The van der Waals surface area contributed by atoms with Crippen molar-refractivity contribution in [1.82, 2.24) is 4.98 Å². The van der Waals surface area contributed by atoms with Crippen LogP contribution in [0.5, 0.6) is 11.5 Å². The molecule has 0 bridgehead atoms. The van der Waals surface area contributed by atoms with Gasteiger partial charge in [-0.3, -0.25) is 9.78 Å². The van der Waals surface area contributed by atoms with Gasteiger partial charge in [0.2, 0.25) is 0 Å². The van der Waals surface area contributed by atoms with Crippen molar-refractivity contribution in [2.75, 3.05) is 14.2 Å². The molecule has 0 atom stereocenters. The van der Waals surface area contributed by atoms with Crippen molar-refractivity contribution in [1.29, 1.82) is 0 Å². The van der Waals surface area contributed by atoms with Gasteiger partial charge in [-0.2, -0.15) is 0 Å². The molecule has 0 saturated heterocycles. The number of rotatable bonds is 4. The summed E-state index contributed by atoms with van der Waals surface area (Å²) < 4.78 is 15.0. The molecule has 0 aliphatic heterocycles. The van der Waals surface area contributed by atoms with E-state index in [0.29, 0.717) is 17.2 Å². The second-order valence-electron chi connectivity index (χ2n) is 2.77. The molecule has 82 valence electrons. The Kier molecular flexibility index (Phi) is 3.91. The predicted molar refractivity (Wildman–Crippen MR) is 52.8 cm³/mol. The summed E-state index contributed by atoms with van der Waals surface area (Å²) >= 11 is 0. The topological polar surface area (TPSA) is 57.7 Å². The average molecular weight is 211 g/mol. The van der Waals surface area contributed by atoms with Crippen LogP contribution >= 0.6 is 0 Å². The number of carbonyl (C=O) groups is 1. The van der Waals surface area contributed by atoms with Crippen molar-refractivity contribution in [2.24, 2.45) is 0 Å². The van der Waals surface area contributed by atoms with E-state index in [9.17, 15) is 4.79 Å². The second-order valence-corrected chi connectivity index (χ2v) is 2.77. The molecular weight excluding hydrogens is 198 g/mol. The largest absolute Gasteiger partial charge is 0.493 e. The minimum Gasteiger partial charge on any atom is -0.493 e. The van der Waals surface area contributed by atoms with E-state index in [1.807, 2.05) is 0 Å². The molecule has 0 N–H and O–H groups in total. The highest BCUT2D eigenvalue weighted by molar-refractivity contribution is 5.66. The molecule has 5 heteroatoms. The summed E-state index contributed by atoms with van der Waals surface area (Å²) in [6, 6.07) is 1.68. The Morgan fingerprint density at radius 2 is 2.13 bits per heavy atom. The van der Waals surface area contributed by atoms with Gasteiger partial charge < -0.3 is 14.2 Å². The molecule has 0 amide bonds. The van der Waals surface area contributed by atoms with Crippen LogP contribution in [0.4, 0.5) is 0 Å². The number of pyridine rings is 1. The first-order valence-corrected chi connectivity index (χ1v) is 4.38. The standard InChI is InChI=1S/C10H13NO4/c1-7(12)15-6-8-10(14-3)9(13-2)4-5-11-8/h4-5H,6H2,1-3H3. The Labute approximate surface area is 88.0 Å². The number of hydrogen-bond donors (Lipinski definition) is 0. The summed E-state index contributed by atoms with van der Waals surface area (Å²) in [5.41, 5.74) is 0.534. The Morgan fingerprint density at radius 3 is 2.67 bits per heavy atom. The van der Waals surface area contributed by atoms with Crippen molar-refractivity contribution in [3.63, 3.8) is 0 Å². The molecule has 0 aliphatic rings. The van der Waals surface area contributed by atoms with Gasteiger partial charge in [0.1, 0.15) is 12.3 Å². The van der Waals surface area contributed by atoms with E-state index >= 15 is 0 Å². The van der Waals surface area contributed by atoms with Gasteiger partial charge in [-0.15, -0.1) is 0 Å². The maximum atomic E-state index is 10.6. The first-order valence-electron chi connectivity index (χ1n) is 4.38. The normalized spacial score (nSPS) is 9.53. The number of nitrogens with zero attached hydrogens (tertiary/aromatic N) is 1. The van der Waals surface area contributed by atoms with Gasteiger partial charge in [0.25, 0.3) is 0 Å². The van der Waals surface area contributed by atoms with Gasteiger partial charge in [0.15, 0.2) is 11.5 Å². The van der Waals surface area contributed by atoms with Gasteiger partial charge >= 0.3 is 5.97 Å². The Bertz CT molecular complexity index is 351. The molecule has 1 aromatic rings. The van der Waals surface area contributed by atoms with Gasteiger partial charge in [0, 0.05) is 19.2 Å². The van der Waals surface area contributed by atoms with Crippen LogP contribution in [-0.4, -0.2) is 25.2 Å². The number of esters is 1. The van der Waals surface area contributed by atoms with Crippen LogP contribution in [-0.2, 0) is 16.1 Å². The smallest absolute Gasteiger partial charge is 0.303 e. The highest BCUT2D eigenvalue weighted by atomic mass is 16.5. The molecule has 0 aromatic carbocycles. The summed E-state index contributed by atoms with van der Waals surface area (Å²) in [5, 5.41) is 0. The van der Waals surface area contributed by atoms with Crippen LogP contribution < -0.4 is 9.47 Å².